The molecule has 114 valence electrons. The average Bonchev–Trinajstić information content (AvgIpc) is 2.91. The summed E-state index contributed by atoms with van der Waals surface area (Å²) in [6, 6.07) is 17.0. The Kier molecular flexibility index (Phi) is 4.33. The van der Waals surface area contributed by atoms with Crippen LogP contribution in [0.25, 0.3) is 11.0 Å². The largest absolute Gasteiger partial charge is 0.388 e. The zero-order valence-electron chi connectivity index (χ0n) is 11.4. The summed E-state index contributed by atoms with van der Waals surface area (Å²) in [4.78, 5) is 7.73. The van der Waals surface area contributed by atoms with Gasteiger partial charge in [-0.25, -0.2) is 4.98 Å². The number of halogens is 3. The second-order valence-corrected chi connectivity index (χ2v) is 7.38. The third kappa shape index (κ3) is 3.08. The third-order valence-electron chi connectivity index (χ3n) is 3.51. The van der Waals surface area contributed by atoms with Crippen LogP contribution in [0.15, 0.2) is 54.6 Å². The van der Waals surface area contributed by atoms with Gasteiger partial charge in [0.05, 0.1) is 17.0 Å². The van der Waals surface area contributed by atoms with Gasteiger partial charge >= 0.3 is 0 Å². The minimum atomic E-state index is -1.82. The first-order valence-electron chi connectivity index (χ1n) is 6.71. The van der Waals surface area contributed by atoms with Gasteiger partial charge in [-0.05, 0) is 17.7 Å². The van der Waals surface area contributed by atoms with Crippen LogP contribution < -0.4 is 0 Å². The first-order valence-corrected chi connectivity index (χ1v) is 7.84. The van der Waals surface area contributed by atoms with E-state index in [0.29, 0.717) is 5.82 Å². The van der Waals surface area contributed by atoms with Crippen LogP contribution in [0.3, 0.4) is 0 Å². The highest BCUT2D eigenvalue weighted by molar-refractivity contribution is 6.68. The molecule has 1 aromatic heterocycles. The van der Waals surface area contributed by atoms with E-state index in [0.717, 1.165) is 16.6 Å². The Balaban J connectivity index is 2.12. The molecule has 0 aliphatic carbocycles. The van der Waals surface area contributed by atoms with Crippen molar-refractivity contribution in [3.63, 3.8) is 0 Å². The Morgan fingerprint density at radius 3 is 2.23 bits per heavy atom. The molecule has 0 bridgehead atoms. The first kappa shape index (κ1) is 15.6. The first-order chi connectivity index (χ1) is 10.5. The average molecular weight is 356 g/mol. The van der Waals surface area contributed by atoms with Crippen LogP contribution in [0.2, 0.25) is 0 Å². The van der Waals surface area contributed by atoms with E-state index in [-0.39, 0.29) is 0 Å². The maximum absolute atomic E-state index is 10.5. The number of nitrogens with one attached hydrogen (secondary N) is 1. The van der Waals surface area contributed by atoms with E-state index >= 15 is 0 Å². The van der Waals surface area contributed by atoms with Crippen LogP contribution in [-0.2, 0) is 0 Å². The highest BCUT2D eigenvalue weighted by atomic mass is 35.6. The molecule has 0 saturated carbocycles. The molecule has 0 spiro atoms. The standard InChI is InChI=1S/C16H13Cl3N2O/c17-16(18,19)14(22)13(10-6-2-1-3-7-10)15-20-11-8-4-5-9-12(11)21-15/h1-9,13-14,22H,(H,20,21)/t13-,14+/m1/s1. The van der Waals surface area contributed by atoms with Gasteiger partial charge in [0.2, 0.25) is 3.79 Å². The van der Waals surface area contributed by atoms with Gasteiger partial charge in [-0.15, -0.1) is 0 Å². The van der Waals surface area contributed by atoms with Gasteiger partial charge in [0.15, 0.2) is 0 Å². The second kappa shape index (κ2) is 6.09. The molecule has 0 aliphatic rings. The van der Waals surface area contributed by atoms with E-state index in [1.165, 1.54) is 0 Å². The Morgan fingerprint density at radius 2 is 1.59 bits per heavy atom. The van der Waals surface area contributed by atoms with Gasteiger partial charge in [0, 0.05) is 0 Å². The summed E-state index contributed by atoms with van der Waals surface area (Å²) in [7, 11) is 0. The summed E-state index contributed by atoms with van der Waals surface area (Å²) in [5.74, 6) is -0.00711. The number of alkyl halides is 3. The summed E-state index contributed by atoms with van der Waals surface area (Å²) in [6.07, 6.45) is -1.24. The monoisotopic (exact) mass is 354 g/mol. The van der Waals surface area contributed by atoms with E-state index in [9.17, 15) is 5.11 Å². The van der Waals surface area contributed by atoms with Crippen LogP contribution >= 0.6 is 34.8 Å². The summed E-state index contributed by atoms with van der Waals surface area (Å²) in [5, 5.41) is 10.5. The molecule has 2 atom stereocenters. The molecule has 1 heterocycles. The number of aliphatic hydroxyl groups is 1. The lowest BCUT2D eigenvalue weighted by Crippen LogP contribution is -2.33. The number of rotatable bonds is 3. The predicted molar refractivity (Wildman–Crippen MR) is 90.7 cm³/mol. The van der Waals surface area contributed by atoms with E-state index in [1.807, 2.05) is 54.6 Å². The van der Waals surface area contributed by atoms with Gasteiger partial charge in [-0.1, -0.05) is 77.3 Å². The number of imidazole rings is 1. The molecule has 3 nitrogen and oxygen atoms in total. The van der Waals surface area contributed by atoms with Crippen molar-refractivity contribution in [3.05, 3.63) is 66.0 Å². The fourth-order valence-corrected chi connectivity index (χ4v) is 2.84. The molecular formula is C16H13Cl3N2O. The van der Waals surface area contributed by atoms with Crippen molar-refractivity contribution >= 4 is 45.8 Å². The molecular weight excluding hydrogens is 343 g/mol. The van der Waals surface area contributed by atoms with Gasteiger partial charge in [-0.3, -0.25) is 0 Å². The number of benzene rings is 2. The van der Waals surface area contributed by atoms with Crippen molar-refractivity contribution in [2.45, 2.75) is 15.8 Å². The number of hydrogen-bond donors (Lipinski definition) is 2. The van der Waals surface area contributed by atoms with Crippen LogP contribution in [0.4, 0.5) is 0 Å². The van der Waals surface area contributed by atoms with E-state index in [4.69, 9.17) is 34.8 Å². The smallest absolute Gasteiger partial charge is 0.217 e. The molecule has 0 radical (unpaired) electrons. The molecule has 3 rings (SSSR count). The lowest BCUT2D eigenvalue weighted by molar-refractivity contribution is 0.158. The predicted octanol–water partition coefficient (Wildman–Crippen LogP) is 4.43. The normalized spacial score (nSPS) is 14.9. The highest BCUT2D eigenvalue weighted by Gasteiger charge is 2.40. The Morgan fingerprint density at radius 1 is 0.955 bits per heavy atom. The Labute approximate surface area is 142 Å². The molecule has 3 aromatic rings. The number of aromatic nitrogens is 2. The molecule has 22 heavy (non-hydrogen) atoms. The molecule has 2 N–H and O–H groups in total. The number of hydrogen-bond acceptors (Lipinski definition) is 2. The zero-order chi connectivity index (χ0) is 15.7. The van der Waals surface area contributed by atoms with Crippen molar-refractivity contribution < 1.29 is 5.11 Å². The van der Waals surface area contributed by atoms with Crippen molar-refractivity contribution in [1.29, 1.82) is 0 Å². The van der Waals surface area contributed by atoms with Gasteiger partial charge < -0.3 is 10.1 Å². The van der Waals surface area contributed by atoms with Crippen molar-refractivity contribution in [3.8, 4) is 0 Å². The molecule has 6 heteroatoms. The Hall–Kier alpha value is -1.26. The lowest BCUT2D eigenvalue weighted by atomic mass is 9.93. The molecule has 2 aromatic carbocycles. The van der Waals surface area contributed by atoms with Gasteiger partial charge in [0.1, 0.15) is 11.9 Å². The molecule has 0 saturated heterocycles. The topological polar surface area (TPSA) is 48.9 Å². The maximum atomic E-state index is 10.5. The zero-order valence-corrected chi connectivity index (χ0v) is 13.6. The van der Waals surface area contributed by atoms with Crippen LogP contribution in [-0.4, -0.2) is 25.0 Å². The van der Waals surface area contributed by atoms with Gasteiger partial charge in [-0.2, -0.15) is 0 Å². The Bertz CT molecular complexity index is 735. The lowest BCUT2D eigenvalue weighted by Gasteiger charge is -2.27. The number of fused-ring (bicyclic) bond motifs is 1. The quantitative estimate of drug-likeness (QED) is 0.683. The fraction of sp³-hybridized carbons (Fsp3) is 0.188. The number of aliphatic hydroxyl groups excluding tert-OH is 1. The minimum Gasteiger partial charge on any atom is -0.388 e. The van der Waals surface area contributed by atoms with Crippen molar-refractivity contribution in [2.24, 2.45) is 0 Å². The molecule has 0 fully saturated rings. The van der Waals surface area contributed by atoms with Gasteiger partial charge in [0.25, 0.3) is 0 Å². The molecule has 0 amide bonds. The van der Waals surface area contributed by atoms with E-state index < -0.39 is 15.8 Å². The highest BCUT2D eigenvalue weighted by Crippen LogP contribution is 2.40. The summed E-state index contributed by atoms with van der Waals surface area (Å²) >= 11 is 17.7. The molecule has 0 aliphatic heterocycles. The summed E-state index contributed by atoms with van der Waals surface area (Å²) in [5.41, 5.74) is 2.49. The number of nitrogens with zero attached hydrogens (tertiary/aromatic N) is 1. The third-order valence-corrected chi connectivity index (χ3v) is 4.18. The minimum absolute atomic E-state index is 0.561. The summed E-state index contributed by atoms with van der Waals surface area (Å²) in [6.45, 7) is 0. The summed E-state index contributed by atoms with van der Waals surface area (Å²) < 4.78 is -1.82. The number of aromatic amines is 1. The maximum Gasteiger partial charge on any atom is 0.217 e. The van der Waals surface area contributed by atoms with Crippen molar-refractivity contribution in [1.82, 2.24) is 9.97 Å². The van der Waals surface area contributed by atoms with Crippen LogP contribution in [0, 0.1) is 0 Å². The molecule has 0 unspecified atom stereocenters. The number of para-hydroxylation sites is 2. The van der Waals surface area contributed by atoms with E-state index in [1.54, 1.807) is 0 Å². The van der Waals surface area contributed by atoms with E-state index in [2.05, 4.69) is 9.97 Å². The van der Waals surface area contributed by atoms with Crippen molar-refractivity contribution in [2.75, 3.05) is 0 Å². The fourth-order valence-electron chi connectivity index (χ4n) is 2.46. The SMILES string of the molecule is O[C@@H]([C@@H](c1ccccc1)c1nc2ccccc2[nH]1)C(Cl)(Cl)Cl. The van der Waals surface area contributed by atoms with Crippen LogP contribution in [0.1, 0.15) is 17.3 Å². The van der Waals surface area contributed by atoms with Crippen LogP contribution in [0.5, 0.6) is 0 Å². The second-order valence-electron chi connectivity index (χ2n) is 5.01. The number of H-pyrrole nitrogens is 1.